The van der Waals surface area contributed by atoms with Gasteiger partial charge in [-0.05, 0) is 20.2 Å². The summed E-state index contributed by atoms with van der Waals surface area (Å²) < 4.78 is 5.85. The molecule has 0 amide bonds. The predicted octanol–water partition coefficient (Wildman–Crippen LogP) is 1.13. The van der Waals surface area contributed by atoms with Crippen LogP contribution in [0.5, 0.6) is 0 Å². The molecule has 0 fully saturated rings. The van der Waals surface area contributed by atoms with Gasteiger partial charge in [-0.3, -0.25) is 9.79 Å². The van der Waals surface area contributed by atoms with E-state index in [1.807, 2.05) is 14.0 Å². The van der Waals surface area contributed by atoms with Gasteiger partial charge in [0, 0.05) is 25.4 Å². The van der Waals surface area contributed by atoms with Crippen molar-refractivity contribution < 1.29 is 14.0 Å². The Morgan fingerprint density at radius 1 is 1.33 bits per heavy atom. The number of ether oxygens (including phenoxy) is 1. The van der Waals surface area contributed by atoms with Crippen LogP contribution in [-0.4, -0.2) is 65.1 Å². The van der Waals surface area contributed by atoms with E-state index in [2.05, 4.69) is 36.9 Å². The molecular weight excluding hydrogens is 268 g/mol. The van der Waals surface area contributed by atoms with Gasteiger partial charge < -0.3 is 20.3 Å². The highest BCUT2D eigenvalue weighted by atomic mass is 16.5. The average Bonchev–Trinajstić information content (AvgIpc) is 2.49. The maximum atomic E-state index is 11.5. The van der Waals surface area contributed by atoms with Crippen molar-refractivity contribution in [3.63, 3.8) is 0 Å². The van der Waals surface area contributed by atoms with E-state index in [-0.39, 0.29) is 5.97 Å². The molecule has 6 heteroatoms. The summed E-state index contributed by atoms with van der Waals surface area (Å²) in [7, 11) is 7.60. The first kappa shape index (κ1) is 21.9. The maximum Gasteiger partial charge on any atom is 0.311 e. The molecule has 0 saturated carbocycles. The van der Waals surface area contributed by atoms with Crippen LogP contribution in [0, 0.1) is 0 Å². The first-order valence-electron chi connectivity index (χ1n) is 7.33. The SMILES string of the molecule is C=N/C=C(/CC[N+](C)(C)CCC(=O)OCCC)NC.CN. The van der Waals surface area contributed by atoms with Crippen LogP contribution in [0.3, 0.4) is 0 Å². The molecule has 0 aromatic heterocycles. The molecule has 0 radical (unpaired) electrons. The fourth-order valence-corrected chi connectivity index (χ4v) is 1.58. The summed E-state index contributed by atoms with van der Waals surface area (Å²) in [6.07, 6.45) is 3.95. The minimum Gasteiger partial charge on any atom is -0.466 e. The van der Waals surface area contributed by atoms with E-state index < -0.39 is 0 Å². The molecule has 3 N–H and O–H groups in total. The van der Waals surface area contributed by atoms with Crippen LogP contribution >= 0.6 is 0 Å². The first-order chi connectivity index (χ1) is 9.95. The second-order valence-electron chi connectivity index (χ2n) is 5.19. The number of quaternary nitrogens is 1. The highest BCUT2D eigenvalue weighted by Crippen LogP contribution is 2.06. The summed E-state index contributed by atoms with van der Waals surface area (Å²) in [5.74, 6) is -0.106. The van der Waals surface area contributed by atoms with Crippen molar-refractivity contribution in [2.24, 2.45) is 10.7 Å². The lowest BCUT2D eigenvalue weighted by Crippen LogP contribution is -2.42. The zero-order valence-corrected chi connectivity index (χ0v) is 14.3. The van der Waals surface area contributed by atoms with Gasteiger partial charge in [-0.25, -0.2) is 0 Å². The zero-order valence-electron chi connectivity index (χ0n) is 14.3. The number of hydrogen-bond donors (Lipinski definition) is 2. The second kappa shape index (κ2) is 13.6. The Balaban J connectivity index is 0. The highest BCUT2D eigenvalue weighted by molar-refractivity contribution is 5.69. The molecule has 0 aliphatic heterocycles. The van der Waals surface area contributed by atoms with E-state index in [9.17, 15) is 4.79 Å². The van der Waals surface area contributed by atoms with Crippen molar-refractivity contribution in [2.75, 3.05) is 47.9 Å². The molecule has 0 aromatic carbocycles. The number of nitrogens with two attached hydrogens (primary N) is 1. The molecule has 0 heterocycles. The molecule has 0 aromatic rings. The Hall–Kier alpha value is -1.40. The number of carbonyl (C=O) groups is 1. The third-order valence-corrected chi connectivity index (χ3v) is 2.94. The van der Waals surface area contributed by atoms with E-state index in [4.69, 9.17) is 4.74 Å². The van der Waals surface area contributed by atoms with Crippen LogP contribution in [0.4, 0.5) is 0 Å². The lowest BCUT2D eigenvalue weighted by molar-refractivity contribution is -0.889. The molecule has 21 heavy (non-hydrogen) atoms. The number of nitrogens with one attached hydrogen (secondary N) is 1. The Morgan fingerprint density at radius 3 is 2.38 bits per heavy atom. The summed E-state index contributed by atoms with van der Waals surface area (Å²) >= 11 is 0. The van der Waals surface area contributed by atoms with Crippen LogP contribution < -0.4 is 11.1 Å². The Bertz CT molecular complexity index is 315. The van der Waals surface area contributed by atoms with Crippen molar-refractivity contribution in [3.05, 3.63) is 11.9 Å². The Labute approximate surface area is 129 Å². The van der Waals surface area contributed by atoms with Gasteiger partial charge in [-0.15, -0.1) is 0 Å². The van der Waals surface area contributed by atoms with Crippen molar-refractivity contribution in [2.45, 2.75) is 26.2 Å². The number of rotatable bonds is 10. The molecule has 0 spiro atoms. The molecule has 0 aliphatic rings. The van der Waals surface area contributed by atoms with Crippen LogP contribution in [0.15, 0.2) is 16.9 Å². The van der Waals surface area contributed by atoms with Gasteiger partial charge in [-0.2, -0.15) is 0 Å². The molecule has 0 bridgehead atoms. The lowest BCUT2D eigenvalue weighted by Gasteiger charge is -2.29. The van der Waals surface area contributed by atoms with Gasteiger partial charge >= 0.3 is 5.97 Å². The molecular formula is C15H33N4O2+. The van der Waals surface area contributed by atoms with Crippen molar-refractivity contribution in [1.82, 2.24) is 5.32 Å². The van der Waals surface area contributed by atoms with E-state index in [0.29, 0.717) is 13.0 Å². The monoisotopic (exact) mass is 301 g/mol. The lowest BCUT2D eigenvalue weighted by atomic mass is 10.2. The summed E-state index contributed by atoms with van der Waals surface area (Å²) in [5, 5.41) is 3.09. The van der Waals surface area contributed by atoms with Gasteiger partial charge in [0.1, 0.15) is 0 Å². The maximum absolute atomic E-state index is 11.5. The topological polar surface area (TPSA) is 76.7 Å². The number of hydrogen-bond acceptors (Lipinski definition) is 5. The van der Waals surface area contributed by atoms with Crippen molar-refractivity contribution >= 4 is 12.7 Å². The predicted molar refractivity (Wildman–Crippen MR) is 89.1 cm³/mol. The van der Waals surface area contributed by atoms with Crippen LogP contribution in [0.2, 0.25) is 0 Å². The Morgan fingerprint density at radius 2 is 1.90 bits per heavy atom. The molecule has 6 nitrogen and oxygen atoms in total. The summed E-state index contributed by atoms with van der Waals surface area (Å²) in [6.45, 7) is 7.67. The number of nitrogens with zero attached hydrogens (tertiary/aromatic N) is 2. The van der Waals surface area contributed by atoms with Gasteiger partial charge in [0.05, 0.1) is 40.2 Å². The third-order valence-electron chi connectivity index (χ3n) is 2.94. The van der Waals surface area contributed by atoms with Crippen LogP contribution in [0.1, 0.15) is 26.2 Å². The van der Waals surface area contributed by atoms with Gasteiger partial charge in [0.2, 0.25) is 0 Å². The molecule has 0 rings (SSSR count). The third kappa shape index (κ3) is 13.3. The fraction of sp³-hybridized carbons (Fsp3) is 0.733. The van der Waals surface area contributed by atoms with Gasteiger partial charge in [0.25, 0.3) is 0 Å². The average molecular weight is 301 g/mol. The van der Waals surface area contributed by atoms with Crippen LogP contribution in [0.25, 0.3) is 0 Å². The quantitative estimate of drug-likeness (QED) is 0.360. The Kier molecular flexibility index (Phi) is 14.2. The van der Waals surface area contributed by atoms with E-state index in [1.165, 1.54) is 7.05 Å². The molecule has 0 unspecified atom stereocenters. The first-order valence-corrected chi connectivity index (χ1v) is 7.33. The molecule has 0 saturated heterocycles. The zero-order chi connectivity index (χ0) is 16.7. The molecule has 124 valence electrons. The van der Waals surface area contributed by atoms with Crippen molar-refractivity contribution in [3.8, 4) is 0 Å². The summed E-state index contributed by atoms with van der Waals surface area (Å²) in [4.78, 5) is 15.2. The normalized spacial score (nSPS) is 11.2. The number of esters is 1. The fourth-order valence-electron chi connectivity index (χ4n) is 1.58. The molecule has 0 aliphatic carbocycles. The minimum atomic E-state index is -0.106. The summed E-state index contributed by atoms with van der Waals surface area (Å²) in [5.41, 5.74) is 5.55. The van der Waals surface area contributed by atoms with Crippen molar-refractivity contribution in [1.29, 1.82) is 0 Å². The number of carbonyl (C=O) groups excluding carboxylic acids is 1. The minimum absolute atomic E-state index is 0.106. The van der Waals surface area contributed by atoms with Gasteiger partial charge in [-0.1, -0.05) is 6.92 Å². The largest absolute Gasteiger partial charge is 0.466 e. The van der Waals surface area contributed by atoms with Gasteiger partial charge in [0.15, 0.2) is 0 Å². The second-order valence-corrected chi connectivity index (χ2v) is 5.19. The van der Waals surface area contributed by atoms with E-state index in [1.54, 1.807) is 6.20 Å². The number of aliphatic imine (C=N–C) groups is 1. The highest BCUT2D eigenvalue weighted by Gasteiger charge is 2.18. The smallest absolute Gasteiger partial charge is 0.311 e. The summed E-state index contributed by atoms with van der Waals surface area (Å²) in [6, 6.07) is 0. The van der Waals surface area contributed by atoms with Crippen LogP contribution in [-0.2, 0) is 9.53 Å². The van der Waals surface area contributed by atoms with E-state index in [0.717, 1.165) is 36.1 Å². The van der Waals surface area contributed by atoms with E-state index >= 15 is 0 Å². The standard InChI is InChI=1S/C14H28N3O2.CH5N/c1-6-11-19-14(18)8-10-17(4,5)9-7-13(16-3)12-15-2;1-2/h12,16H,2,6-11H2,1,3-5H3;2H2,1H3/q+1;/b13-12-;. The molecule has 0 atom stereocenters.